The van der Waals surface area contributed by atoms with Crippen LogP contribution in [0.1, 0.15) is 5.69 Å². The van der Waals surface area contributed by atoms with E-state index in [2.05, 4.69) is 9.97 Å². The molecular weight excluding hydrogens is 238 g/mol. The van der Waals surface area contributed by atoms with E-state index >= 15 is 0 Å². The van der Waals surface area contributed by atoms with Crippen LogP contribution in [0.2, 0.25) is 0 Å². The van der Waals surface area contributed by atoms with Crippen molar-refractivity contribution in [3.8, 4) is 17.7 Å². The number of rotatable bonds is 2. The van der Waals surface area contributed by atoms with Gasteiger partial charge in [-0.15, -0.1) is 0 Å². The summed E-state index contributed by atoms with van der Waals surface area (Å²) in [7, 11) is 0. The molecule has 0 N–H and O–H groups in total. The zero-order valence-corrected chi connectivity index (χ0v) is 9.95. The van der Waals surface area contributed by atoms with Crippen molar-refractivity contribution in [2.75, 3.05) is 0 Å². The van der Waals surface area contributed by atoms with Crippen LogP contribution < -0.4 is 4.74 Å². The maximum absolute atomic E-state index is 8.98. The van der Waals surface area contributed by atoms with Crippen LogP contribution in [-0.4, -0.2) is 9.97 Å². The Hall–Kier alpha value is -2.93. The van der Waals surface area contributed by atoms with Gasteiger partial charge in [0.15, 0.2) is 0 Å². The van der Waals surface area contributed by atoms with Crippen LogP contribution in [0.15, 0.2) is 54.9 Å². The maximum atomic E-state index is 8.98. The lowest BCUT2D eigenvalue weighted by molar-refractivity contribution is 0.463. The third-order valence-corrected chi connectivity index (χ3v) is 2.73. The van der Waals surface area contributed by atoms with E-state index in [-0.39, 0.29) is 11.6 Å². The first kappa shape index (κ1) is 11.2. The van der Waals surface area contributed by atoms with Crippen molar-refractivity contribution in [2.24, 2.45) is 0 Å². The van der Waals surface area contributed by atoms with Gasteiger partial charge in [0.1, 0.15) is 11.8 Å². The van der Waals surface area contributed by atoms with Crippen molar-refractivity contribution in [1.82, 2.24) is 9.97 Å². The average Bonchev–Trinajstić information content (AvgIpc) is 2.48. The fraction of sp³-hybridized carbons (Fsp3) is 0. The van der Waals surface area contributed by atoms with Gasteiger partial charge in [-0.1, -0.05) is 36.4 Å². The van der Waals surface area contributed by atoms with Crippen LogP contribution in [0.25, 0.3) is 10.8 Å². The van der Waals surface area contributed by atoms with Crippen molar-refractivity contribution in [3.63, 3.8) is 0 Å². The summed E-state index contributed by atoms with van der Waals surface area (Å²) in [5.41, 5.74) is 0.176. The summed E-state index contributed by atoms with van der Waals surface area (Å²) in [6.45, 7) is 0. The van der Waals surface area contributed by atoms with Crippen LogP contribution in [0.4, 0.5) is 0 Å². The highest BCUT2D eigenvalue weighted by molar-refractivity contribution is 5.88. The minimum Gasteiger partial charge on any atom is -0.436 e. The number of aromatic nitrogens is 2. The molecule has 0 bridgehead atoms. The average molecular weight is 247 g/mol. The lowest BCUT2D eigenvalue weighted by Crippen LogP contribution is -1.94. The summed E-state index contributed by atoms with van der Waals surface area (Å²) in [5, 5.41) is 11.0. The van der Waals surface area contributed by atoms with Gasteiger partial charge in [-0.05, 0) is 11.5 Å². The van der Waals surface area contributed by atoms with Gasteiger partial charge >= 0.3 is 0 Å². The monoisotopic (exact) mass is 247 g/mol. The number of hydrogen-bond donors (Lipinski definition) is 0. The molecule has 0 saturated heterocycles. The summed E-state index contributed by atoms with van der Waals surface area (Å²) in [6, 6.07) is 15.6. The molecule has 2 aromatic carbocycles. The zero-order valence-electron chi connectivity index (χ0n) is 9.95. The highest BCUT2D eigenvalue weighted by Crippen LogP contribution is 2.29. The van der Waals surface area contributed by atoms with E-state index in [0.29, 0.717) is 5.75 Å². The molecule has 4 nitrogen and oxygen atoms in total. The predicted octanol–water partition coefficient (Wildman–Crippen LogP) is 3.29. The first-order chi connectivity index (χ1) is 9.38. The fourth-order valence-corrected chi connectivity index (χ4v) is 1.87. The van der Waals surface area contributed by atoms with E-state index in [9.17, 15) is 0 Å². The Morgan fingerprint density at radius 3 is 2.63 bits per heavy atom. The van der Waals surface area contributed by atoms with Gasteiger partial charge in [-0.25, -0.2) is 9.97 Å². The van der Waals surface area contributed by atoms with Gasteiger partial charge < -0.3 is 4.74 Å². The quantitative estimate of drug-likeness (QED) is 0.697. The van der Waals surface area contributed by atoms with Crippen molar-refractivity contribution < 1.29 is 4.74 Å². The second-order valence-electron chi connectivity index (χ2n) is 3.90. The molecule has 0 spiro atoms. The van der Waals surface area contributed by atoms with E-state index < -0.39 is 0 Å². The van der Waals surface area contributed by atoms with Crippen molar-refractivity contribution in [1.29, 1.82) is 5.26 Å². The molecule has 0 saturated carbocycles. The molecule has 0 amide bonds. The lowest BCUT2D eigenvalue weighted by Gasteiger charge is -2.08. The van der Waals surface area contributed by atoms with Crippen LogP contribution in [0, 0.1) is 11.3 Å². The first-order valence-electron chi connectivity index (χ1n) is 5.75. The molecule has 4 heteroatoms. The Bertz CT molecular complexity index is 772. The SMILES string of the molecule is N#Cc1nccnc1Oc1cccc2ccccc12. The molecule has 0 unspecified atom stereocenters. The Labute approximate surface area is 109 Å². The Kier molecular flexibility index (Phi) is 2.79. The molecule has 0 radical (unpaired) electrons. The predicted molar refractivity (Wildman–Crippen MR) is 70.8 cm³/mol. The molecule has 0 aliphatic carbocycles. The van der Waals surface area contributed by atoms with Crippen LogP contribution in [0.5, 0.6) is 11.6 Å². The van der Waals surface area contributed by atoms with Gasteiger partial charge in [-0.3, -0.25) is 0 Å². The van der Waals surface area contributed by atoms with Gasteiger partial charge in [0.2, 0.25) is 5.69 Å². The highest BCUT2D eigenvalue weighted by atomic mass is 16.5. The minimum absolute atomic E-state index is 0.176. The van der Waals surface area contributed by atoms with Crippen LogP contribution >= 0.6 is 0 Å². The lowest BCUT2D eigenvalue weighted by atomic mass is 10.1. The highest BCUT2D eigenvalue weighted by Gasteiger charge is 2.08. The molecule has 1 heterocycles. The summed E-state index contributed by atoms with van der Waals surface area (Å²) in [4.78, 5) is 7.97. The van der Waals surface area contributed by atoms with Gasteiger partial charge in [0.25, 0.3) is 5.88 Å². The number of hydrogen-bond acceptors (Lipinski definition) is 4. The van der Waals surface area contributed by atoms with Gasteiger partial charge in [0, 0.05) is 17.8 Å². The molecule has 0 aliphatic heterocycles. The number of fused-ring (bicyclic) bond motifs is 1. The summed E-state index contributed by atoms with van der Waals surface area (Å²) in [5.74, 6) is 0.886. The maximum Gasteiger partial charge on any atom is 0.256 e. The molecule has 0 atom stereocenters. The van der Waals surface area contributed by atoms with Gasteiger partial charge in [0.05, 0.1) is 0 Å². The molecule has 1 aromatic heterocycles. The zero-order chi connectivity index (χ0) is 13.1. The number of nitrogens with zero attached hydrogens (tertiary/aromatic N) is 3. The second kappa shape index (κ2) is 4.75. The molecule has 0 aliphatic rings. The van der Waals surface area contributed by atoms with E-state index in [1.54, 1.807) is 0 Å². The molecular formula is C15H9N3O. The number of ether oxygens (including phenoxy) is 1. The van der Waals surface area contributed by atoms with E-state index in [1.807, 2.05) is 48.5 Å². The Morgan fingerprint density at radius 2 is 1.74 bits per heavy atom. The van der Waals surface area contributed by atoms with Crippen LogP contribution in [0.3, 0.4) is 0 Å². The van der Waals surface area contributed by atoms with Crippen molar-refractivity contribution in [3.05, 3.63) is 60.6 Å². The summed E-state index contributed by atoms with van der Waals surface area (Å²) in [6.07, 6.45) is 2.97. The van der Waals surface area contributed by atoms with E-state index in [4.69, 9.17) is 10.00 Å². The largest absolute Gasteiger partial charge is 0.436 e. The van der Waals surface area contributed by atoms with E-state index in [1.165, 1.54) is 12.4 Å². The number of benzene rings is 2. The smallest absolute Gasteiger partial charge is 0.256 e. The first-order valence-corrected chi connectivity index (χ1v) is 5.75. The molecule has 90 valence electrons. The molecule has 19 heavy (non-hydrogen) atoms. The Balaban J connectivity index is 2.09. The topological polar surface area (TPSA) is 58.8 Å². The second-order valence-corrected chi connectivity index (χ2v) is 3.90. The van der Waals surface area contributed by atoms with Crippen molar-refractivity contribution in [2.45, 2.75) is 0 Å². The summed E-state index contributed by atoms with van der Waals surface area (Å²) < 4.78 is 5.72. The fourth-order valence-electron chi connectivity index (χ4n) is 1.87. The molecule has 3 aromatic rings. The minimum atomic E-state index is 0.176. The molecule has 0 fully saturated rings. The standard InChI is InChI=1S/C15H9N3O/c16-10-13-15(18-9-8-17-13)19-14-7-3-5-11-4-1-2-6-12(11)14/h1-9H. The number of nitriles is 1. The van der Waals surface area contributed by atoms with Crippen LogP contribution in [-0.2, 0) is 0 Å². The van der Waals surface area contributed by atoms with E-state index in [0.717, 1.165) is 10.8 Å². The third-order valence-electron chi connectivity index (χ3n) is 2.73. The van der Waals surface area contributed by atoms with Gasteiger partial charge in [-0.2, -0.15) is 5.26 Å². The summed E-state index contributed by atoms with van der Waals surface area (Å²) >= 11 is 0. The Morgan fingerprint density at radius 1 is 0.947 bits per heavy atom. The normalized spacial score (nSPS) is 10.1. The molecule has 3 rings (SSSR count). The third kappa shape index (κ3) is 2.09. The van der Waals surface area contributed by atoms with Crippen molar-refractivity contribution >= 4 is 10.8 Å².